The first-order chi connectivity index (χ1) is 10.3. The van der Waals surface area contributed by atoms with Crippen LogP contribution in [-0.2, 0) is 9.53 Å². The van der Waals surface area contributed by atoms with Crippen molar-refractivity contribution in [3.63, 3.8) is 0 Å². The summed E-state index contributed by atoms with van der Waals surface area (Å²) in [6, 6.07) is 3.93. The highest BCUT2D eigenvalue weighted by Crippen LogP contribution is 2.28. The summed E-state index contributed by atoms with van der Waals surface area (Å²) in [6.45, 7) is 4.60. The summed E-state index contributed by atoms with van der Waals surface area (Å²) in [6.07, 6.45) is 3.61. The maximum Gasteiger partial charge on any atom is 0.225 e. The number of piperidine rings is 1. The lowest BCUT2D eigenvalue weighted by Gasteiger charge is -2.36. The molecule has 0 atom stereocenters. The van der Waals surface area contributed by atoms with E-state index in [2.05, 4.69) is 25.8 Å². The van der Waals surface area contributed by atoms with Crippen LogP contribution < -0.4 is 4.90 Å². The summed E-state index contributed by atoms with van der Waals surface area (Å²) in [7, 11) is 0. The third-order valence-corrected chi connectivity index (χ3v) is 4.82. The van der Waals surface area contributed by atoms with E-state index < -0.39 is 0 Å². The quantitative estimate of drug-likeness (QED) is 0.814. The van der Waals surface area contributed by atoms with Crippen molar-refractivity contribution in [2.45, 2.75) is 12.8 Å². The Morgan fingerprint density at radius 2 is 1.95 bits per heavy atom. The largest absolute Gasteiger partial charge is 0.378 e. The molecule has 0 bridgehead atoms. The van der Waals surface area contributed by atoms with Gasteiger partial charge in [0.25, 0.3) is 0 Å². The fourth-order valence-electron chi connectivity index (χ4n) is 2.99. The van der Waals surface area contributed by atoms with E-state index in [0.29, 0.717) is 19.1 Å². The average Bonchev–Trinajstić information content (AvgIpc) is 2.56. The molecule has 114 valence electrons. The van der Waals surface area contributed by atoms with Crippen LogP contribution in [0.25, 0.3) is 0 Å². The summed E-state index contributed by atoms with van der Waals surface area (Å²) in [5, 5.41) is 0. The first kappa shape index (κ1) is 14.8. The topological polar surface area (TPSA) is 45.7 Å². The summed E-state index contributed by atoms with van der Waals surface area (Å²) in [5.41, 5.74) is 0. The van der Waals surface area contributed by atoms with Crippen molar-refractivity contribution in [3.8, 4) is 0 Å². The van der Waals surface area contributed by atoms with Crippen molar-refractivity contribution in [2.75, 3.05) is 44.3 Å². The summed E-state index contributed by atoms with van der Waals surface area (Å²) in [4.78, 5) is 21.1. The molecule has 3 rings (SSSR count). The molecule has 2 aliphatic heterocycles. The molecule has 1 aromatic heterocycles. The van der Waals surface area contributed by atoms with E-state index in [0.717, 1.165) is 49.3 Å². The second-order valence-corrected chi connectivity index (χ2v) is 6.36. The number of anilines is 1. The summed E-state index contributed by atoms with van der Waals surface area (Å²) in [5.74, 6) is 1.44. The van der Waals surface area contributed by atoms with Gasteiger partial charge in [0.2, 0.25) is 5.91 Å². The van der Waals surface area contributed by atoms with Gasteiger partial charge in [0.1, 0.15) is 5.82 Å². The molecule has 0 N–H and O–H groups in total. The van der Waals surface area contributed by atoms with Gasteiger partial charge >= 0.3 is 0 Å². The lowest BCUT2D eigenvalue weighted by atomic mass is 9.95. The summed E-state index contributed by atoms with van der Waals surface area (Å²) < 4.78 is 6.33. The van der Waals surface area contributed by atoms with E-state index in [4.69, 9.17) is 4.74 Å². The van der Waals surface area contributed by atoms with Crippen molar-refractivity contribution >= 4 is 27.7 Å². The number of hydrogen-bond donors (Lipinski definition) is 0. The minimum atomic E-state index is 0.154. The van der Waals surface area contributed by atoms with Gasteiger partial charge in [0, 0.05) is 38.3 Å². The molecule has 6 heteroatoms. The fraction of sp³-hybridized carbons (Fsp3) is 0.600. The van der Waals surface area contributed by atoms with Crippen molar-refractivity contribution < 1.29 is 9.53 Å². The van der Waals surface area contributed by atoms with Crippen LogP contribution >= 0.6 is 15.9 Å². The maximum atomic E-state index is 12.5. The van der Waals surface area contributed by atoms with Gasteiger partial charge in [-0.2, -0.15) is 0 Å². The minimum absolute atomic E-state index is 0.154. The third-order valence-electron chi connectivity index (χ3n) is 4.21. The molecule has 1 amide bonds. The average molecular weight is 354 g/mol. The van der Waals surface area contributed by atoms with Crippen LogP contribution in [0.15, 0.2) is 22.8 Å². The Balaban J connectivity index is 1.57. The second-order valence-electron chi connectivity index (χ2n) is 5.51. The van der Waals surface area contributed by atoms with Gasteiger partial charge in [-0.15, -0.1) is 0 Å². The number of halogens is 1. The molecule has 2 saturated heterocycles. The molecule has 2 aliphatic rings. The molecule has 0 aliphatic carbocycles. The molecule has 1 aromatic rings. The van der Waals surface area contributed by atoms with Crippen LogP contribution in [0, 0.1) is 5.92 Å². The molecule has 3 heterocycles. The predicted molar refractivity (Wildman–Crippen MR) is 84.3 cm³/mol. The van der Waals surface area contributed by atoms with Crippen LogP contribution in [0.4, 0.5) is 5.82 Å². The number of amides is 1. The Bertz CT molecular complexity index is 497. The number of nitrogens with zero attached hydrogens (tertiary/aromatic N) is 3. The van der Waals surface area contributed by atoms with Crippen LogP contribution in [0.5, 0.6) is 0 Å². The van der Waals surface area contributed by atoms with Crippen LogP contribution in [0.1, 0.15) is 12.8 Å². The van der Waals surface area contributed by atoms with Crippen LogP contribution in [0.2, 0.25) is 0 Å². The first-order valence-electron chi connectivity index (χ1n) is 7.47. The minimum Gasteiger partial charge on any atom is -0.378 e. The van der Waals surface area contributed by atoms with Gasteiger partial charge < -0.3 is 14.5 Å². The number of hydrogen-bond acceptors (Lipinski definition) is 4. The Kier molecular flexibility index (Phi) is 4.75. The number of carbonyl (C=O) groups is 1. The molecule has 2 fully saturated rings. The highest BCUT2D eigenvalue weighted by Gasteiger charge is 2.30. The number of rotatable bonds is 2. The second kappa shape index (κ2) is 6.75. The van der Waals surface area contributed by atoms with Gasteiger partial charge in [-0.3, -0.25) is 4.79 Å². The molecule has 5 nitrogen and oxygen atoms in total. The van der Waals surface area contributed by atoms with E-state index in [1.54, 1.807) is 0 Å². The molecule has 0 spiro atoms. The zero-order valence-electron chi connectivity index (χ0n) is 12.0. The lowest BCUT2D eigenvalue weighted by Crippen LogP contribution is -2.47. The van der Waals surface area contributed by atoms with E-state index in [-0.39, 0.29) is 5.92 Å². The van der Waals surface area contributed by atoms with Gasteiger partial charge in [-0.1, -0.05) is 0 Å². The van der Waals surface area contributed by atoms with Crippen molar-refractivity contribution in [2.24, 2.45) is 5.92 Å². The van der Waals surface area contributed by atoms with Crippen molar-refractivity contribution in [3.05, 3.63) is 22.8 Å². The maximum absolute atomic E-state index is 12.5. The predicted octanol–water partition coefficient (Wildman–Crippen LogP) is 1.92. The smallest absolute Gasteiger partial charge is 0.225 e. The van der Waals surface area contributed by atoms with Crippen molar-refractivity contribution in [1.29, 1.82) is 0 Å². The highest BCUT2D eigenvalue weighted by molar-refractivity contribution is 9.10. The fourth-order valence-corrected chi connectivity index (χ4v) is 3.50. The monoisotopic (exact) mass is 353 g/mol. The number of pyridine rings is 1. The van der Waals surface area contributed by atoms with Crippen LogP contribution in [0.3, 0.4) is 0 Å². The zero-order valence-corrected chi connectivity index (χ0v) is 13.6. The van der Waals surface area contributed by atoms with Gasteiger partial charge in [0.15, 0.2) is 0 Å². The summed E-state index contributed by atoms with van der Waals surface area (Å²) >= 11 is 3.55. The van der Waals surface area contributed by atoms with Gasteiger partial charge in [0.05, 0.1) is 17.7 Å². The molecule has 0 aromatic carbocycles. The zero-order chi connectivity index (χ0) is 14.7. The number of morpholine rings is 1. The van der Waals surface area contributed by atoms with Crippen LogP contribution in [-0.4, -0.2) is 55.2 Å². The van der Waals surface area contributed by atoms with E-state index in [1.807, 2.05) is 23.2 Å². The standard InChI is InChI=1S/C15H20BrN3O2/c16-13-2-1-5-17-14(13)18-6-3-12(4-7-18)15(20)19-8-10-21-11-9-19/h1-2,5,12H,3-4,6-11H2. The van der Waals surface area contributed by atoms with Crippen molar-refractivity contribution in [1.82, 2.24) is 9.88 Å². The first-order valence-corrected chi connectivity index (χ1v) is 8.27. The molecule has 0 radical (unpaired) electrons. The normalized spacial score (nSPS) is 20.6. The third kappa shape index (κ3) is 3.37. The number of ether oxygens (including phenoxy) is 1. The molecular weight excluding hydrogens is 334 g/mol. The van der Waals surface area contributed by atoms with Gasteiger partial charge in [-0.25, -0.2) is 4.98 Å². The Morgan fingerprint density at radius 3 is 2.62 bits per heavy atom. The molecule has 0 saturated carbocycles. The lowest BCUT2D eigenvalue weighted by molar-refractivity contribution is -0.140. The molecular formula is C15H20BrN3O2. The van der Waals surface area contributed by atoms with E-state index in [9.17, 15) is 4.79 Å². The SMILES string of the molecule is O=C(C1CCN(c2ncccc2Br)CC1)N1CCOCC1. The van der Waals surface area contributed by atoms with E-state index in [1.165, 1.54) is 0 Å². The Morgan fingerprint density at radius 1 is 1.24 bits per heavy atom. The Labute approximate surface area is 133 Å². The highest BCUT2D eigenvalue weighted by atomic mass is 79.9. The van der Waals surface area contributed by atoms with Gasteiger partial charge in [-0.05, 0) is 40.9 Å². The molecule has 0 unspecified atom stereocenters. The van der Waals surface area contributed by atoms with E-state index >= 15 is 0 Å². The number of aromatic nitrogens is 1. The number of carbonyl (C=O) groups excluding carboxylic acids is 1. The molecule has 21 heavy (non-hydrogen) atoms. The Hall–Kier alpha value is -1.14.